The summed E-state index contributed by atoms with van der Waals surface area (Å²) in [5.74, 6) is 1.67. The van der Waals surface area contributed by atoms with Crippen LogP contribution in [0.3, 0.4) is 0 Å². The summed E-state index contributed by atoms with van der Waals surface area (Å²) < 4.78 is 16.1. The Balaban J connectivity index is 1.80. The number of ether oxygens (including phenoxy) is 3. The fourth-order valence-corrected chi connectivity index (χ4v) is 3.65. The molecule has 3 aromatic rings. The first-order valence-corrected chi connectivity index (χ1v) is 9.26. The SMILES string of the molecule is COc1cc(OC)c(OC)cc1CNC(=O)c1sccc1-c1ccccc1. The Labute approximate surface area is 162 Å². The van der Waals surface area contributed by atoms with E-state index in [9.17, 15) is 4.79 Å². The molecule has 2 aromatic carbocycles. The van der Waals surface area contributed by atoms with Crippen LogP contribution in [0.2, 0.25) is 0 Å². The van der Waals surface area contributed by atoms with Crippen molar-refractivity contribution in [3.05, 3.63) is 64.4 Å². The molecule has 1 amide bonds. The summed E-state index contributed by atoms with van der Waals surface area (Å²) in [5, 5.41) is 4.89. The first kappa shape index (κ1) is 18.8. The van der Waals surface area contributed by atoms with Gasteiger partial charge in [0.05, 0.1) is 26.2 Å². The summed E-state index contributed by atoms with van der Waals surface area (Å²) in [6.45, 7) is 0.314. The van der Waals surface area contributed by atoms with Gasteiger partial charge in [-0.1, -0.05) is 30.3 Å². The standard InChI is InChI=1S/C21H21NO4S/c1-24-17-12-19(26-3)18(25-2)11-15(17)13-22-21(23)20-16(9-10-27-20)14-7-5-4-6-8-14/h4-12H,13H2,1-3H3,(H,22,23). The molecule has 0 aliphatic carbocycles. The molecule has 0 saturated carbocycles. The summed E-state index contributed by atoms with van der Waals surface area (Å²) in [4.78, 5) is 13.4. The lowest BCUT2D eigenvalue weighted by atomic mass is 10.1. The van der Waals surface area contributed by atoms with E-state index in [1.807, 2.05) is 47.8 Å². The molecule has 140 valence electrons. The topological polar surface area (TPSA) is 56.8 Å². The Kier molecular flexibility index (Phi) is 5.98. The number of carbonyl (C=O) groups is 1. The molecule has 0 bridgehead atoms. The summed E-state index contributed by atoms with van der Waals surface area (Å²) in [6, 6.07) is 15.4. The van der Waals surface area contributed by atoms with Crippen LogP contribution in [0.25, 0.3) is 11.1 Å². The number of nitrogens with one attached hydrogen (secondary N) is 1. The van der Waals surface area contributed by atoms with Gasteiger partial charge in [0, 0.05) is 23.7 Å². The highest BCUT2D eigenvalue weighted by atomic mass is 32.1. The molecule has 0 aliphatic heterocycles. The number of hydrogen-bond acceptors (Lipinski definition) is 5. The molecule has 0 aliphatic rings. The minimum absolute atomic E-state index is 0.124. The van der Waals surface area contributed by atoms with Crippen LogP contribution >= 0.6 is 11.3 Å². The van der Waals surface area contributed by atoms with Crippen molar-refractivity contribution in [1.82, 2.24) is 5.32 Å². The highest BCUT2D eigenvalue weighted by Gasteiger charge is 2.16. The van der Waals surface area contributed by atoms with Crippen LogP contribution in [-0.4, -0.2) is 27.2 Å². The van der Waals surface area contributed by atoms with E-state index in [4.69, 9.17) is 14.2 Å². The smallest absolute Gasteiger partial charge is 0.262 e. The van der Waals surface area contributed by atoms with Gasteiger partial charge < -0.3 is 19.5 Å². The summed E-state index contributed by atoms with van der Waals surface area (Å²) >= 11 is 1.42. The molecule has 0 fully saturated rings. The molecule has 1 heterocycles. The fourth-order valence-electron chi connectivity index (χ4n) is 2.82. The van der Waals surface area contributed by atoms with Crippen LogP contribution in [0.4, 0.5) is 0 Å². The highest BCUT2D eigenvalue weighted by Crippen LogP contribution is 2.35. The van der Waals surface area contributed by atoms with E-state index in [1.165, 1.54) is 11.3 Å². The van der Waals surface area contributed by atoms with Crippen LogP contribution in [0.15, 0.2) is 53.9 Å². The highest BCUT2D eigenvalue weighted by molar-refractivity contribution is 7.12. The average molecular weight is 383 g/mol. The molecule has 1 aromatic heterocycles. The Morgan fingerprint density at radius 2 is 1.59 bits per heavy atom. The zero-order chi connectivity index (χ0) is 19.2. The maximum atomic E-state index is 12.8. The van der Waals surface area contributed by atoms with E-state index in [1.54, 1.807) is 27.4 Å². The lowest BCUT2D eigenvalue weighted by molar-refractivity contribution is 0.0955. The molecule has 0 unspecified atom stereocenters. The van der Waals surface area contributed by atoms with E-state index in [0.29, 0.717) is 28.7 Å². The van der Waals surface area contributed by atoms with Crippen LogP contribution in [0, 0.1) is 0 Å². The summed E-state index contributed by atoms with van der Waals surface area (Å²) in [7, 11) is 4.73. The van der Waals surface area contributed by atoms with Crippen molar-refractivity contribution in [2.45, 2.75) is 6.54 Å². The van der Waals surface area contributed by atoms with Crippen molar-refractivity contribution >= 4 is 17.2 Å². The monoisotopic (exact) mass is 383 g/mol. The van der Waals surface area contributed by atoms with Crippen LogP contribution < -0.4 is 19.5 Å². The quantitative estimate of drug-likeness (QED) is 0.658. The number of thiophene rings is 1. The van der Waals surface area contributed by atoms with E-state index in [-0.39, 0.29) is 5.91 Å². The van der Waals surface area contributed by atoms with Crippen molar-refractivity contribution in [3.8, 4) is 28.4 Å². The third-order valence-corrected chi connectivity index (χ3v) is 5.10. The van der Waals surface area contributed by atoms with Crippen molar-refractivity contribution in [3.63, 3.8) is 0 Å². The zero-order valence-electron chi connectivity index (χ0n) is 15.4. The van der Waals surface area contributed by atoms with Gasteiger partial charge in [0.1, 0.15) is 5.75 Å². The minimum atomic E-state index is -0.124. The molecule has 0 atom stereocenters. The van der Waals surface area contributed by atoms with Crippen LogP contribution in [-0.2, 0) is 6.54 Å². The van der Waals surface area contributed by atoms with Gasteiger partial charge >= 0.3 is 0 Å². The van der Waals surface area contributed by atoms with Crippen LogP contribution in [0.5, 0.6) is 17.2 Å². The first-order valence-electron chi connectivity index (χ1n) is 8.38. The molecule has 6 heteroatoms. The van der Waals surface area contributed by atoms with E-state index in [2.05, 4.69) is 5.32 Å². The molecular weight excluding hydrogens is 362 g/mol. The summed E-state index contributed by atoms with van der Waals surface area (Å²) in [5.41, 5.74) is 2.76. The molecule has 0 radical (unpaired) electrons. The Morgan fingerprint density at radius 3 is 2.26 bits per heavy atom. The number of hydrogen-bond donors (Lipinski definition) is 1. The van der Waals surface area contributed by atoms with Crippen molar-refractivity contribution < 1.29 is 19.0 Å². The van der Waals surface area contributed by atoms with Crippen molar-refractivity contribution in [2.24, 2.45) is 0 Å². The Hall–Kier alpha value is -2.99. The van der Waals surface area contributed by atoms with Gasteiger partial charge in [-0.2, -0.15) is 0 Å². The van der Waals surface area contributed by atoms with E-state index >= 15 is 0 Å². The fraction of sp³-hybridized carbons (Fsp3) is 0.190. The predicted molar refractivity (Wildman–Crippen MR) is 107 cm³/mol. The van der Waals surface area contributed by atoms with E-state index in [0.717, 1.165) is 16.7 Å². The minimum Gasteiger partial charge on any atom is -0.496 e. The molecule has 5 nitrogen and oxygen atoms in total. The number of benzene rings is 2. The molecule has 3 rings (SSSR count). The maximum absolute atomic E-state index is 12.8. The second kappa shape index (κ2) is 8.60. The normalized spacial score (nSPS) is 10.3. The lowest BCUT2D eigenvalue weighted by Crippen LogP contribution is -2.22. The molecular formula is C21H21NO4S. The zero-order valence-corrected chi connectivity index (χ0v) is 16.3. The lowest BCUT2D eigenvalue weighted by Gasteiger charge is -2.14. The second-order valence-corrected chi connectivity index (χ2v) is 6.65. The van der Waals surface area contributed by atoms with Gasteiger partial charge in [0.2, 0.25) is 0 Å². The summed E-state index contributed by atoms with van der Waals surface area (Å²) in [6.07, 6.45) is 0. The number of carbonyl (C=O) groups excluding carboxylic acids is 1. The van der Waals surface area contributed by atoms with Gasteiger partial charge in [-0.05, 0) is 23.1 Å². The van der Waals surface area contributed by atoms with Crippen molar-refractivity contribution in [2.75, 3.05) is 21.3 Å². The first-order chi connectivity index (χ1) is 13.2. The predicted octanol–water partition coefficient (Wildman–Crippen LogP) is 4.37. The molecule has 1 N–H and O–H groups in total. The molecule has 27 heavy (non-hydrogen) atoms. The Morgan fingerprint density at radius 1 is 0.926 bits per heavy atom. The number of methoxy groups -OCH3 is 3. The van der Waals surface area contributed by atoms with Gasteiger partial charge in [-0.25, -0.2) is 0 Å². The van der Waals surface area contributed by atoms with Gasteiger partial charge in [-0.3, -0.25) is 4.79 Å². The number of amides is 1. The van der Waals surface area contributed by atoms with Gasteiger partial charge in [0.25, 0.3) is 5.91 Å². The largest absolute Gasteiger partial charge is 0.496 e. The number of rotatable bonds is 7. The third-order valence-electron chi connectivity index (χ3n) is 4.18. The van der Waals surface area contributed by atoms with Gasteiger partial charge in [-0.15, -0.1) is 11.3 Å². The molecule has 0 saturated heterocycles. The third kappa shape index (κ3) is 4.06. The van der Waals surface area contributed by atoms with Crippen molar-refractivity contribution in [1.29, 1.82) is 0 Å². The molecule has 0 spiro atoms. The average Bonchev–Trinajstić information content (AvgIpc) is 3.22. The van der Waals surface area contributed by atoms with Gasteiger partial charge in [0.15, 0.2) is 11.5 Å². The maximum Gasteiger partial charge on any atom is 0.262 e. The Bertz CT molecular complexity index is 921. The van der Waals surface area contributed by atoms with Crippen LogP contribution in [0.1, 0.15) is 15.2 Å². The van der Waals surface area contributed by atoms with E-state index < -0.39 is 0 Å². The second-order valence-electron chi connectivity index (χ2n) is 5.73.